The molecule has 23 heavy (non-hydrogen) atoms. The summed E-state index contributed by atoms with van der Waals surface area (Å²) in [5.41, 5.74) is 0.722. The molecule has 6 nitrogen and oxygen atoms in total. The van der Waals surface area contributed by atoms with E-state index in [2.05, 4.69) is 4.90 Å². The number of hydrogen-bond donors (Lipinski definition) is 1. The van der Waals surface area contributed by atoms with Gasteiger partial charge >= 0.3 is 11.6 Å². The first-order valence-electron chi connectivity index (χ1n) is 7.66. The van der Waals surface area contributed by atoms with Crippen LogP contribution in [0, 0.1) is 6.92 Å². The van der Waals surface area contributed by atoms with Gasteiger partial charge in [0.2, 0.25) is 0 Å². The van der Waals surface area contributed by atoms with E-state index in [0.717, 1.165) is 24.3 Å². The van der Waals surface area contributed by atoms with E-state index in [9.17, 15) is 14.7 Å². The first-order valence-corrected chi connectivity index (χ1v) is 7.66. The molecule has 0 aliphatic heterocycles. The van der Waals surface area contributed by atoms with Crippen LogP contribution in [-0.4, -0.2) is 30.8 Å². The summed E-state index contributed by atoms with van der Waals surface area (Å²) in [6.45, 7) is 9.31. The van der Waals surface area contributed by atoms with Gasteiger partial charge in [-0.25, -0.2) is 9.59 Å². The number of aryl methyl sites for hydroxylation is 1. The molecule has 0 spiro atoms. The molecule has 1 aromatic carbocycles. The molecule has 0 amide bonds. The van der Waals surface area contributed by atoms with Crippen LogP contribution in [0.1, 0.15) is 36.7 Å². The van der Waals surface area contributed by atoms with Gasteiger partial charge in [-0.1, -0.05) is 0 Å². The lowest BCUT2D eigenvalue weighted by atomic mass is 10.1. The number of anilines is 1. The van der Waals surface area contributed by atoms with E-state index >= 15 is 0 Å². The Labute approximate surface area is 134 Å². The molecule has 124 valence electrons. The zero-order chi connectivity index (χ0) is 17.1. The summed E-state index contributed by atoms with van der Waals surface area (Å²) in [5, 5.41) is 10.6. The van der Waals surface area contributed by atoms with Crippen molar-refractivity contribution in [3.8, 4) is 5.75 Å². The maximum atomic E-state index is 12.0. The molecule has 1 N–H and O–H groups in total. The van der Waals surface area contributed by atoms with Crippen LogP contribution >= 0.6 is 0 Å². The molecule has 2 rings (SSSR count). The maximum absolute atomic E-state index is 12.0. The summed E-state index contributed by atoms with van der Waals surface area (Å²) in [5.74, 6) is -1.28. The summed E-state index contributed by atoms with van der Waals surface area (Å²) in [6.07, 6.45) is 0. The summed E-state index contributed by atoms with van der Waals surface area (Å²) in [6, 6.07) is 3.43. The van der Waals surface area contributed by atoms with Gasteiger partial charge in [-0.15, -0.1) is 0 Å². The topological polar surface area (TPSA) is 80.0 Å². The third-order valence-electron chi connectivity index (χ3n) is 3.78. The number of fused-ring (bicyclic) bond motifs is 1. The maximum Gasteiger partial charge on any atom is 0.354 e. The van der Waals surface area contributed by atoms with Crippen molar-refractivity contribution in [1.29, 1.82) is 0 Å². The number of nitrogens with zero attached hydrogens (tertiary/aromatic N) is 1. The number of ether oxygens (including phenoxy) is 1. The Kier molecular flexibility index (Phi) is 4.93. The van der Waals surface area contributed by atoms with Crippen LogP contribution in [0.2, 0.25) is 0 Å². The highest BCUT2D eigenvalue weighted by molar-refractivity contribution is 5.99. The summed E-state index contributed by atoms with van der Waals surface area (Å²) < 4.78 is 10.0. The first kappa shape index (κ1) is 16.9. The van der Waals surface area contributed by atoms with Crippen molar-refractivity contribution in [2.45, 2.75) is 27.7 Å². The minimum atomic E-state index is -0.900. The van der Waals surface area contributed by atoms with Crippen molar-refractivity contribution in [3.05, 3.63) is 33.7 Å². The van der Waals surface area contributed by atoms with E-state index < -0.39 is 22.9 Å². The van der Waals surface area contributed by atoms with E-state index in [-0.39, 0.29) is 12.2 Å². The zero-order valence-electron chi connectivity index (χ0n) is 13.8. The molecule has 0 bridgehead atoms. The quantitative estimate of drug-likeness (QED) is 0.674. The van der Waals surface area contributed by atoms with Crippen LogP contribution in [0.15, 0.2) is 21.3 Å². The average molecular weight is 319 g/mol. The Hall–Kier alpha value is -2.50. The van der Waals surface area contributed by atoms with Crippen molar-refractivity contribution in [2.75, 3.05) is 24.6 Å². The monoisotopic (exact) mass is 319 g/mol. The van der Waals surface area contributed by atoms with Gasteiger partial charge in [0.05, 0.1) is 12.0 Å². The molecule has 2 aromatic rings. The smallest absolute Gasteiger partial charge is 0.354 e. The lowest BCUT2D eigenvalue weighted by Crippen LogP contribution is -2.23. The van der Waals surface area contributed by atoms with Crippen LogP contribution in [0.3, 0.4) is 0 Å². The van der Waals surface area contributed by atoms with Gasteiger partial charge in [0.1, 0.15) is 11.3 Å². The predicted molar refractivity (Wildman–Crippen MR) is 88.4 cm³/mol. The normalized spacial score (nSPS) is 10.8. The number of aromatic hydroxyl groups is 1. The fourth-order valence-corrected chi connectivity index (χ4v) is 2.62. The van der Waals surface area contributed by atoms with Gasteiger partial charge in [-0.3, -0.25) is 0 Å². The van der Waals surface area contributed by atoms with E-state index in [0.29, 0.717) is 5.39 Å². The number of carbonyl (C=O) groups excluding carboxylic acids is 1. The fourth-order valence-electron chi connectivity index (χ4n) is 2.62. The van der Waals surface area contributed by atoms with Crippen LogP contribution in [-0.2, 0) is 4.74 Å². The third kappa shape index (κ3) is 3.02. The molecule has 1 aromatic heterocycles. The lowest BCUT2D eigenvalue weighted by Gasteiger charge is -2.23. The standard InChI is InChI=1S/C17H21NO5/c1-5-18(6-2)12-9-13-11(8-10(12)4)15(19)14(17(21)23-13)16(20)22-7-3/h8-9,19H,5-7H2,1-4H3. The second-order valence-corrected chi connectivity index (χ2v) is 5.14. The molecular weight excluding hydrogens is 298 g/mol. The zero-order valence-corrected chi connectivity index (χ0v) is 13.8. The van der Waals surface area contributed by atoms with Gasteiger partial charge in [0, 0.05) is 24.8 Å². The van der Waals surface area contributed by atoms with E-state index in [1.165, 1.54) is 0 Å². The molecule has 0 saturated carbocycles. The molecule has 0 unspecified atom stereocenters. The second kappa shape index (κ2) is 6.73. The molecule has 0 saturated heterocycles. The largest absolute Gasteiger partial charge is 0.506 e. The highest BCUT2D eigenvalue weighted by Crippen LogP contribution is 2.32. The highest BCUT2D eigenvalue weighted by atomic mass is 16.5. The molecule has 0 atom stereocenters. The Morgan fingerprint density at radius 3 is 2.48 bits per heavy atom. The predicted octanol–water partition coefficient (Wildman–Crippen LogP) is 2.83. The summed E-state index contributed by atoms with van der Waals surface area (Å²) in [7, 11) is 0. The number of rotatable bonds is 5. The highest BCUT2D eigenvalue weighted by Gasteiger charge is 2.23. The molecule has 0 aliphatic rings. The third-order valence-corrected chi connectivity index (χ3v) is 3.78. The van der Waals surface area contributed by atoms with Crippen molar-refractivity contribution < 1.29 is 19.1 Å². The van der Waals surface area contributed by atoms with Crippen molar-refractivity contribution >= 4 is 22.6 Å². The number of hydrogen-bond acceptors (Lipinski definition) is 6. The van der Waals surface area contributed by atoms with E-state index in [4.69, 9.17) is 9.15 Å². The van der Waals surface area contributed by atoms with Gasteiger partial charge < -0.3 is 19.2 Å². The average Bonchev–Trinajstić information content (AvgIpc) is 2.50. The SMILES string of the molecule is CCOC(=O)c1c(O)c2cc(C)c(N(CC)CC)cc2oc1=O. The Bertz CT molecular complexity index is 790. The van der Waals surface area contributed by atoms with E-state index in [1.54, 1.807) is 19.1 Å². The van der Waals surface area contributed by atoms with Gasteiger partial charge in [0.15, 0.2) is 5.56 Å². The van der Waals surface area contributed by atoms with Crippen LogP contribution in [0.25, 0.3) is 11.0 Å². The molecule has 0 radical (unpaired) electrons. The number of carbonyl (C=O) groups is 1. The Balaban J connectivity index is 2.70. The molecule has 0 aliphatic carbocycles. The van der Waals surface area contributed by atoms with Crippen molar-refractivity contribution in [3.63, 3.8) is 0 Å². The fraction of sp³-hybridized carbons (Fsp3) is 0.412. The van der Waals surface area contributed by atoms with Crippen LogP contribution < -0.4 is 10.5 Å². The number of esters is 1. The summed E-state index contributed by atoms with van der Waals surface area (Å²) in [4.78, 5) is 26.0. The van der Waals surface area contributed by atoms with Gasteiger partial charge in [-0.05, 0) is 39.3 Å². The molecule has 0 fully saturated rings. The Morgan fingerprint density at radius 2 is 1.91 bits per heavy atom. The van der Waals surface area contributed by atoms with Gasteiger partial charge in [-0.2, -0.15) is 0 Å². The van der Waals surface area contributed by atoms with E-state index in [1.807, 2.05) is 20.8 Å². The molecular formula is C17H21NO5. The number of benzene rings is 1. The van der Waals surface area contributed by atoms with Crippen molar-refractivity contribution in [2.24, 2.45) is 0 Å². The van der Waals surface area contributed by atoms with Crippen LogP contribution in [0.4, 0.5) is 5.69 Å². The first-order chi connectivity index (χ1) is 10.9. The summed E-state index contributed by atoms with van der Waals surface area (Å²) >= 11 is 0. The minimum absolute atomic E-state index is 0.107. The molecule has 1 heterocycles. The Morgan fingerprint density at radius 1 is 1.26 bits per heavy atom. The second-order valence-electron chi connectivity index (χ2n) is 5.14. The van der Waals surface area contributed by atoms with Gasteiger partial charge in [0.25, 0.3) is 0 Å². The van der Waals surface area contributed by atoms with Crippen molar-refractivity contribution in [1.82, 2.24) is 0 Å². The lowest BCUT2D eigenvalue weighted by molar-refractivity contribution is 0.0518. The minimum Gasteiger partial charge on any atom is -0.506 e. The molecule has 6 heteroatoms. The van der Waals surface area contributed by atoms with Crippen LogP contribution in [0.5, 0.6) is 5.75 Å².